The maximum atomic E-state index is 13.4. The molecule has 1 aromatic carbocycles. The number of alkyl halides is 2. The molecule has 0 bridgehead atoms. The minimum absolute atomic E-state index is 0.0834. The van der Waals surface area contributed by atoms with Crippen LogP contribution in [-0.2, 0) is 11.2 Å². The molecule has 3 aliphatic rings. The van der Waals surface area contributed by atoms with Gasteiger partial charge in [-0.25, -0.2) is 8.78 Å². The Labute approximate surface area is 199 Å². The highest BCUT2D eigenvalue weighted by atomic mass is 35.5. The molecule has 1 aromatic heterocycles. The van der Waals surface area contributed by atoms with Gasteiger partial charge < -0.3 is 14.8 Å². The van der Waals surface area contributed by atoms with Crippen LogP contribution in [0.5, 0.6) is 0 Å². The van der Waals surface area contributed by atoms with Crippen LogP contribution >= 0.6 is 11.6 Å². The molecular weight excluding hydrogens is 444 g/mol. The number of hydrogen-bond donors (Lipinski definition) is 1. The lowest BCUT2D eigenvalue weighted by molar-refractivity contribution is -0.135. The Morgan fingerprint density at radius 1 is 1.12 bits per heavy atom. The molecule has 2 fully saturated rings. The maximum Gasteiger partial charge on any atom is 0.241 e. The van der Waals surface area contributed by atoms with Crippen LogP contribution in [0, 0.1) is 11.8 Å². The molecule has 0 spiro atoms. The Hall–Kier alpha value is -1.66. The first-order valence-corrected chi connectivity index (χ1v) is 13.0. The van der Waals surface area contributed by atoms with Crippen molar-refractivity contribution in [2.75, 3.05) is 26.2 Å². The van der Waals surface area contributed by atoms with Gasteiger partial charge >= 0.3 is 0 Å². The van der Waals surface area contributed by atoms with Crippen molar-refractivity contribution in [1.82, 2.24) is 14.8 Å². The smallest absolute Gasteiger partial charge is 0.241 e. The molecule has 7 heteroatoms. The van der Waals surface area contributed by atoms with E-state index in [1.165, 1.54) is 42.3 Å². The molecule has 1 amide bonds. The van der Waals surface area contributed by atoms with Gasteiger partial charge in [-0.3, -0.25) is 4.79 Å². The van der Waals surface area contributed by atoms with E-state index in [2.05, 4.69) is 14.8 Å². The molecule has 1 atom stereocenters. The average molecular weight is 478 g/mol. The third kappa shape index (κ3) is 4.93. The summed E-state index contributed by atoms with van der Waals surface area (Å²) in [6.45, 7) is 2.73. The number of carbonyl (C=O) groups is 1. The van der Waals surface area contributed by atoms with Gasteiger partial charge in [-0.2, -0.15) is 0 Å². The van der Waals surface area contributed by atoms with Crippen molar-refractivity contribution in [3.63, 3.8) is 0 Å². The summed E-state index contributed by atoms with van der Waals surface area (Å²) >= 11 is 6.29. The number of likely N-dealkylation sites (tertiary alicyclic amines) is 1. The fraction of sp³-hybridized carbons (Fsp3) is 0.654. The van der Waals surface area contributed by atoms with Gasteiger partial charge in [0.2, 0.25) is 12.3 Å². The van der Waals surface area contributed by atoms with Crippen molar-refractivity contribution < 1.29 is 13.6 Å². The minimum Gasteiger partial charge on any atom is -0.356 e. The van der Waals surface area contributed by atoms with Gasteiger partial charge in [0.05, 0.1) is 6.04 Å². The van der Waals surface area contributed by atoms with Crippen LogP contribution in [-0.4, -0.2) is 53.3 Å². The quantitative estimate of drug-likeness (QED) is 0.538. The molecule has 2 aromatic rings. The number of fused-ring (bicyclic) bond motifs is 3. The van der Waals surface area contributed by atoms with Gasteiger partial charge in [0.15, 0.2) is 0 Å². The third-order valence-electron chi connectivity index (χ3n) is 8.20. The Balaban J connectivity index is 1.31. The van der Waals surface area contributed by atoms with Crippen LogP contribution in [0.25, 0.3) is 10.9 Å². The topological polar surface area (TPSA) is 39.3 Å². The number of benzene rings is 1. The summed E-state index contributed by atoms with van der Waals surface area (Å²) in [5, 5.41) is 1.92. The lowest BCUT2D eigenvalue weighted by atomic mass is 9.89. The average Bonchev–Trinajstić information content (AvgIpc) is 3.45. The minimum atomic E-state index is -2.22. The van der Waals surface area contributed by atoms with Gasteiger partial charge in [-0.1, -0.05) is 37.3 Å². The van der Waals surface area contributed by atoms with E-state index in [4.69, 9.17) is 11.6 Å². The summed E-state index contributed by atoms with van der Waals surface area (Å²) in [7, 11) is 0. The first-order valence-electron chi connectivity index (χ1n) is 12.6. The van der Waals surface area contributed by atoms with Gasteiger partial charge in [0.25, 0.3) is 0 Å². The maximum absolute atomic E-state index is 13.4. The number of nitrogens with one attached hydrogen (secondary N) is 1. The van der Waals surface area contributed by atoms with E-state index in [-0.39, 0.29) is 11.9 Å². The van der Waals surface area contributed by atoms with Crippen molar-refractivity contribution in [1.29, 1.82) is 0 Å². The van der Waals surface area contributed by atoms with Crippen molar-refractivity contribution >= 4 is 28.4 Å². The van der Waals surface area contributed by atoms with E-state index >= 15 is 0 Å². The van der Waals surface area contributed by atoms with Crippen LogP contribution in [0.2, 0.25) is 5.02 Å². The number of rotatable bonds is 6. The lowest BCUT2D eigenvalue weighted by Crippen LogP contribution is -2.43. The van der Waals surface area contributed by atoms with E-state index in [0.717, 1.165) is 29.9 Å². The summed E-state index contributed by atoms with van der Waals surface area (Å²) in [5.74, 6) is 0.375. The van der Waals surface area contributed by atoms with Crippen LogP contribution < -0.4 is 0 Å². The third-order valence-corrected chi connectivity index (χ3v) is 8.43. The molecule has 180 valence electrons. The molecule has 1 N–H and O–H groups in total. The summed E-state index contributed by atoms with van der Waals surface area (Å²) < 4.78 is 25.9. The van der Waals surface area contributed by atoms with E-state index in [9.17, 15) is 13.6 Å². The van der Waals surface area contributed by atoms with Crippen LogP contribution in [0.4, 0.5) is 8.78 Å². The Morgan fingerprint density at radius 3 is 2.61 bits per heavy atom. The van der Waals surface area contributed by atoms with Crippen molar-refractivity contribution in [2.24, 2.45) is 11.8 Å². The second-order valence-corrected chi connectivity index (χ2v) is 10.6. The number of aromatic nitrogens is 1. The molecule has 1 saturated heterocycles. The largest absolute Gasteiger partial charge is 0.356 e. The van der Waals surface area contributed by atoms with E-state index in [1.807, 2.05) is 18.2 Å². The molecule has 5 rings (SSSR count). The van der Waals surface area contributed by atoms with E-state index in [1.54, 1.807) is 0 Å². The fourth-order valence-electron chi connectivity index (χ4n) is 6.27. The molecular formula is C26H34ClF2N3O. The standard InChI is InChI=1S/C26H34ClF2N3O/c27-19-5-6-22-21(16-19)20-9-14-32(23(25(20)30-22)15-17-3-1-2-4-17)24(33)10-13-31-11-7-18(8-12-31)26(28)29/h5-6,16-18,23,26,30H,1-4,7-15H2. The van der Waals surface area contributed by atoms with Gasteiger partial charge in [-0.05, 0) is 68.5 Å². The molecule has 1 saturated carbocycles. The fourth-order valence-corrected chi connectivity index (χ4v) is 6.44. The predicted molar refractivity (Wildman–Crippen MR) is 128 cm³/mol. The first kappa shape index (κ1) is 23.1. The number of carbonyl (C=O) groups excluding carboxylic acids is 1. The highest BCUT2D eigenvalue weighted by Gasteiger charge is 2.35. The second-order valence-electron chi connectivity index (χ2n) is 10.2. The number of amides is 1. The Bertz CT molecular complexity index is 979. The highest BCUT2D eigenvalue weighted by molar-refractivity contribution is 6.31. The Morgan fingerprint density at radius 2 is 1.88 bits per heavy atom. The van der Waals surface area contributed by atoms with Crippen LogP contribution in [0.3, 0.4) is 0 Å². The SMILES string of the molecule is O=C(CCN1CCC(C(F)F)CC1)N1CCc2c([nH]c3ccc(Cl)cc23)C1CC1CCCC1. The zero-order valence-electron chi connectivity index (χ0n) is 19.2. The molecule has 1 aliphatic carbocycles. The Kier molecular flexibility index (Phi) is 6.94. The summed E-state index contributed by atoms with van der Waals surface area (Å²) in [5.41, 5.74) is 3.60. The zero-order valence-corrected chi connectivity index (χ0v) is 19.9. The lowest BCUT2D eigenvalue weighted by Gasteiger charge is -2.38. The van der Waals surface area contributed by atoms with Crippen molar-refractivity contribution in [3.8, 4) is 0 Å². The predicted octanol–water partition coefficient (Wildman–Crippen LogP) is 6.19. The van der Waals surface area contributed by atoms with Gasteiger partial charge in [0.1, 0.15) is 0 Å². The monoisotopic (exact) mass is 477 g/mol. The number of aromatic amines is 1. The summed E-state index contributed by atoms with van der Waals surface area (Å²) in [6.07, 6.45) is 6.21. The molecule has 3 heterocycles. The van der Waals surface area contributed by atoms with Gasteiger partial charge in [-0.15, -0.1) is 0 Å². The van der Waals surface area contributed by atoms with Crippen LogP contribution in [0.15, 0.2) is 18.2 Å². The number of nitrogens with zero attached hydrogens (tertiary/aromatic N) is 2. The number of piperidine rings is 1. The summed E-state index contributed by atoms with van der Waals surface area (Å²) in [4.78, 5) is 21.3. The normalized spacial score (nSPS) is 23.0. The van der Waals surface area contributed by atoms with Crippen LogP contribution in [0.1, 0.15) is 68.7 Å². The van der Waals surface area contributed by atoms with Crippen molar-refractivity contribution in [2.45, 2.75) is 70.3 Å². The van der Waals surface area contributed by atoms with E-state index < -0.39 is 12.3 Å². The second kappa shape index (κ2) is 9.91. The van der Waals surface area contributed by atoms with E-state index in [0.29, 0.717) is 44.8 Å². The first-order chi connectivity index (χ1) is 16.0. The molecule has 0 radical (unpaired) electrons. The van der Waals surface area contributed by atoms with Gasteiger partial charge in [0, 0.05) is 47.0 Å². The van der Waals surface area contributed by atoms with Crippen molar-refractivity contribution in [3.05, 3.63) is 34.5 Å². The summed E-state index contributed by atoms with van der Waals surface area (Å²) in [6, 6.07) is 6.08. The highest BCUT2D eigenvalue weighted by Crippen LogP contribution is 2.42. The molecule has 2 aliphatic heterocycles. The molecule has 4 nitrogen and oxygen atoms in total. The zero-order chi connectivity index (χ0) is 22.9. The number of hydrogen-bond acceptors (Lipinski definition) is 2. The number of H-pyrrole nitrogens is 1. The number of halogens is 3. The molecule has 1 unspecified atom stereocenters. The molecule has 33 heavy (non-hydrogen) atoms.